The molecule has 0 spiro atoms. The van der Waals surface area contributed by atoms with Crippen LogP contribution in [0.3, 0.4) is 0 Å². The van der Waals surface area contributed by atoms with Crippen molar-refractivity contribution >= 4 is 12.0 Å². The van der Waals surface area contributed by atoms with E-state index in [2.05, 4.69) is 0 Å². The van der Waals surface area contributed by atoms with Crippen LogP contribution in [0.1, 0.15) is 0 Å². The van der Waals surface area contributed by atoms with Crippen molar-refractivity contribution in [3.05, 3.63) is 0 Å². The maximum absolute atomic E-state index is 10.3. The average Bonchev–Trinajstić information content (AvgIpc) is 1.87. The molecular formula is C5H10N2O4. The minimum absolute atomic E-state index is 0.301. The Kier molecular flexibility index (Phi) is 3.32. The summed E-state index contributed by atoms with van der Waals surface area (Å²) in [5.74, 6) is -1.38. The quantitative estimate of drug-likeness (QED) is 0.467. The molecule has 1 atom stereocenters. The molecule has 0 aromatic rings. The number of primary amides is 1. The summed E-state index contributed by atoms with van der Waals surface area (Å²) in [6.45, 7) is -0.301. The van der Waals surface area contributed by atoms with E-state index in [0.717, 1.165) is 4.90 Å². The molecule has 6 nitrogen and oxygen atoms in total. The Morgan fingerprint density at radius 1 is 1.64 bits per heavy atom. The van der Waals surface area contributed by atoms with Crippen LogP contribution in [-0.4, -0.2) is 46.8 Å². The molecule has 2 amide bonds. The Morgan fingerprint density at radius 2 is 2.09 bits per heavy atom. The maximum atomic E-state index is 10.3. The number of aliphatic hydroxyl groups is 1. The fourth-order valence-corrected chi connectivity index (χ4v) is 0.427. The van der Waals surface area contributed by atoms with Crippen LogP contribution in [0.2, 0.25) is 0 Å². The highest BCUT2D eigenvalue weighted by Crippen LogP contribution is 1.88. The first kappa shape index (κ1) is 9.70. The predicted octanol–water partition coefficient (Wildman–Crippen LogP) is -1.56. The lowest BCUT2D eigenvalue weighted by Crippen LogP contribution is -2.40. The number of likely N-dealkylation sites (N-methyl/N-ethyl adjacent to an activating group) is 1. The predicted molar refractivity (Wildman–Crippen MR) is 35.9 cm³/mol. The summed E-state index contributed by atoms with van der Waals surface area (Å²) >= 11 is 0. The number of carbonyl (C=O) groups is 2. The van der Waals surface area contributed by atoms with Gasteiger partial charge in [-0.2, -0.15) is 0 Å². The third kappa shape index (κ3) is 3.41. The highest BCUT2D eigenvalue weighted by molar-refractivity contribution is 5.75. The third-order valence-electron chi connectivity index (χ3n) is 1.11. The summed E-state index contributed by atoms with van der Waals surface area (Å²) in [5, 5.41) is 16.9. The highest BCUT2D eigenvalue weighted by atomic mass is 16.4. The van der Waals surface area contributed by atoms with E-state index in [1.807, 2.05) is 0 Å². The molecule has 6 heteroatoms. The number of nitrogens with two attached hydrogens (primary N) is 1. The van der Waals surface area contributed by atoms with E-state index in [9.17, 15) is 9.59 Å². The molecule has 0 aliphatic heterocycles. The number of hydrogen-bond acceptors (Lipinski definition) is 3. The van der Waals surface area contributed by atoms with Crippen LogP contribution in [-0.2, 0) is 4.79 Å². The van der Waals surface area contributed by atoms with Crippen molar-refractivity contribution in [2.45, 2.75) is 6.10 Å². The summed E-state index contributed by atoms with van der Waals surface area (Å²) in [6, 6.07) is -0.773. The van der Waals surface area contributed by atoms with Crippen LogP contribution in [0.15, 0.2) is 0 Å². The minimum atomic E-state index is -1.58. The number of hydrogen-bond donors (Lipinski definition) is 3. The Labute approximate surface area is 63.2 Å². The van der Waals surface area contributed by atoms with E-state index in [1.165, 1.54) is 7.05 Å². The summed E-state index contributed by atoms with van der Waals surface area (Å²) in [6.07, 6.45) is -1.58. The standard InChI is InChI=1S/C5H10N2O4/c1-7(5(6)11)2-3(8)4(9)10/h3,8H,2H2,1H3,(H2,6,11)(H,9,10). The molecule has 0 aliphatic rings. The molecule has 0 saturated carbocycles. The number of rotatable bonds is 3. The van der Waals surface area contributed by atoms with Crippen LogP contribution < -0.4 is 5.73 Å². The number of carboxylic acids is 1. The van der Waals surface area contributed by atoms with Gasteiger partial charge in [0.1, 0.15) is 0 Å². The molecule has 0 fully saturated rings. The van der Waals surface area contributed by atoms with Crippen LogP contribution in [0.4, 0.5) is 4.79 Å². The van der Waals surface area contributed by atoms with Gasteiger partial charge in [-0.3, -0.25) is 0 Å². The molecule has 4 N–H and O–H groups in total. The fraction of sp³-hybridized carbons (Fsp3) is 0.600. The zero-order chi connectivity index (χ0) is 9.02. The van der Waals surface area contributed by atoms with E-state index in [4.69, 9.17) is 15.9 Å². The molecule has 0 radical (unpaired) electrons. The van der Waals surface area contributed by atoms with Crippen molar-refractivity contribution in [3.8, 4) is 0 Å². The Bertz CT molecular complexity index is 152. The largest absolute Gasteiger partial charge is 0.479 e. The summed E-state index contributed by atoms with van der Waals surface area (Å²) in [7, 11) is 1.30. The third-order valence-corrected chi connectivity index (χ3v) is 1.11. The van der Waals surface area contributed by atoms with Gasteiger partial charge in [0.15, 0.2) is 6.10 Å². The summed E-state index contributed by atoms with van der Waals surface area (Å²) in [4.78, 5) is 21.2. The smallest absolute Gasteiger partial charge is 0.334 e. The molecule has 0 aromatic carbocycles. The number of carbonyl (C=O) groups excluding carboxylic acids is 1. The van der Waals surface area contributed by atoms with E-state index in [0.29, 0.717) is 0 Å². The molecule has 0 saturated heterocycles. The Balaban J connectivity index is 3.84. The van der Waals surface area contributed by atoms with Gasteiger partial charge in [-0.25, -0.2) is 9.59 Å². The zero-order valence-electron chi connectivity index (χ0n) is 6.02. The molecule has 0 bridgehead atoms. The van der Waals surface area contributed by atoms with Gasteiger partial charge in [-0.15, -0.1) is 0 Å². The molecular weight excluding hydrogens is 152 g/mol. The van der Waals surface area contributed by atoms with Gasteiger partial charge in [0.25, 0.3) is 0 Å². The van der Waals surface area contributed by atoms with Gasteiger partial charge < -0.3 is 20.8 Å². The number of carboxylic acid groups (broad SMARTS) is 1. The van der Waals surface area contributed by atoms with Crippen molar-refractivity contribution in [2.24, 2.45) is 5.73 Å². The monoisotopic (exact) mass is 162 g/mol. The molecule has 1 unspecified atom stereocenters. The Morgan fingerprint density at radius 3 is 2.36 bits per heavy atom. The van der Waals surface area contributed by atoms with Crippen LogP contribution in [0.5, 0.6) is 0 Å². The zero-order valence-corrected chi connectivity index (χ0v) is 6.02. The van der Waals surface area contributed by atoms with Gasteiger partial charge in [0.05, 0.1) is 6.54 Å². The van der Waals surface area contributed by atoms with Crippen molar-refractivity contribution < 1.29 is 19.8 Å². The van der Waals surface area contributed by atoms with Gasteiger partial charge in [-0.1, -0.05) is 0 Å². The molecule has 0 rings (SSSR count). The van der Waals surface area contributed by atoms with Crippen molar-refractivity contribution in [3.63, 3.8) is 0 Å². The molecule has 0 aromatic heterocycles. The van der Waals surface area contributed by atoms with Crippen LogP contribution in [0.25, 0.3) is 0 Å². The number of amides is 2. The number of nitrogens with zero attached hydrogens (tertiary/aromatic N) is 1. The van der Waals surface area contributed by atoms with E-state index in [-0.39, 0.29) is 6.54 Å². The van der Waals surface area contributed by atoms with Crippen molar-refractivity contribution in [2.75, 3.05) is 13.6 Å². The normalized spacial score (nSPS) is 12.2. The Hall–Kier alpha value is -1.30. The average molecular weight is 162 g/mol. The molecule has 64 valence electrons. The van der Waals surface area contributed by atoms with E-state index < -0.39 is 18.1 Å². The fourth-order valence-electron chi connectivity index (χ4n) is 0.427. The first-order chi connectivity index (χ1) is 4.95. The lowest BCUT2D eigenvalue weighted by molar-refractivity contribution is -0.147. The number of aliphatic hydroxyl groups excluding tert-OH is 1. The highest BCUT2D eigenvalue weighted by Gasteiger charge is 2.16. The van der Waals surface area contributed by atoms with Gasteiger partial charge in [0, 0.05) is 7.05 Å². The number of aliphatic carboxylic acids is 1. The van der Waals surface area contributed by atoms with Crippen LogP contribution >= 0.6 is 0 Å². The van der Waals surface area contributed by atoms with Crippen molar-refractivity contribution in [1.29, 1.82) is 0 Å². The minimum Gasteiger partial charge on any atom is -0.479 e. The lowest BCUT2D eigenvalue weighted by atomic mass is 10.3. The second-order valence-electron chi connectivity index (χ2n) is 2.07. The lowest BCUT2D eigenvalue weighted by Gasteiger charge is -2.15. The molecule has 11 heavy (non-hydrogen) atoms. The summed E-state index contributed by atoms with van der Waals surface area (Å²) in [5.41, 5.74) is 4.77. The van der Waals surface area contributed by atoms with Gasteiger partial charge in [-0.05, 0) is 0 Å². The van der Waals surface area contributed by atoms with Crippen molar-refractivity contribution in [1.82, 2.24) is 4.90 Å². The summed E-state index contributed by atoms with van der Waals surface area (Å²) < 4.78 is 0. The SMILES string of the molecule is CN(CC(O)C(=O)O)C(N)=O. The van der Waals surface area contributed by atoms with Crippen LogP contribution in [0, 0.1) is 0 Å². The topological polar surface area (TPSA) is 104 Å². The first-order valence-corrected chi connectivity index (χ1v) is 2.86. The van der Waals surface area contributed by atoms with Gasteiger partial charge >= 0.3 is 12.0 Å². The van der Waals surface area contributed by atoms with E-state index >= 15 is 0 Å². The first-order valence-electron chi connectivity index (χ1n) is 2.86. The van der Waals surface area contributed by atoms with E-state index in [1.54, 1.807) is 0 Å². The molecule has 0 aliphatic carbocycles. The maximum Gasteiger partial charge on any atom is 0.334 e. The number of urea groups is 1. The second kappa shape index (κ2) is 3.77. The molecule has 0 heterocycles. The van der Waals surface area contributed by atoms with Gasteiger partial charge in [0.2, 0.25) is 0 Å². The second-order valence-corrected chi connectivity index (χ2v) is 2.07.